The molecule has 0 aromatic heterocycles. The lowest BCUT2D eigenvalue weighted by molar-refractivity contribution is 0.101. The second-order valence-corrected chi connectivity index (χ2v) is 4.78. The molecule has 1 aromatic rings. The summed E-state index contributed by atoms with van der Waals surface area (Å²) in [5, 5.41) is 3.42. The van der Waals surface area contributed by atoms with Crippen LogP contribution in [0.3, 0.4) is 0 Å². The van der Waals surface area contributed by atoms with Gasteiger partial charge in [-0.2, -0.15) is 0 Å². The minimum Gasteiger partial charge on any atom is -0.398 e. The summed E-state index contributed by atoms with van der Waals surface area (Å²) in [4.78, 5) is 11.2. The molecule has 0 spiro atoms. The van der Waals surface area contributed by atoms with Gasteiger partial charge in [-0.3, -0.25) is 4.79 Å². The van der Waals surface area contributed by atoms with Gasteiger partial charge in [0.1, 0.15) is 0 Å². The van der Waals surface area contributed by atoms with Crippen molar-refractivity contribution in [2.45, 2.75) is 32.7 Å². The molecule has 0 bridgehead atoms. The number of nitrogen functional groups attached to an aromatic ring is 1. The van der Waals surface area contributed by atoms with Gasteiger partial charge in [0.25, 0.3) is 0 Å². The number of nitrogens with two attached hydrogens (primary N) is 1. The van der Waals surface area contributed by atoms with Crippen molar-refractivity contribution in [2.75, 3.05) is 11.1 Å². The summed E-state index contributed by atoms with van der Waals surface area (Å²) in [6.45, 7) is 3.79. The van der Waals surface area contributed by atoms with E-state index in [1.165, 1.54) is 19.8 Å². The summed E-state index contributed by atoms with van der Waals surface area (Å²) in [7, 11) is 0. The van der Waals surface area contributed by atoms with Crippen molar-refractivity contribution in [2.24, 2.45) is 5.92 Å². The minimum atomic E-state index is 0.0151. The van der Waals surface area contributed by atoms with E-state index in [0.717, 1.165) is 11.6 Å². The van der Waals surface area contributed by atoms with Crippen LogP contribution >= 0.6 is 0 Å². The van der Waals surface area contributed by atoms with Crippen molar-refractivity contribution in [3.05, 3.63) is 23.8 Å². The molecule has 0 atom stereocenters. The Morgan fingerprint density at radius 2 is 2.12 bits per heavy atom. The summed E-state index contributed by atoms with van der Waals surface area (Å²) in [5.41, 5.74) is 8.00. The zero-order valence-electron chi connectivity index (χ0n) is 9.79. The first-order chi connectivity index (χ1) is 7.56. The van der Waals surface area contributed by atoms with Gasteiger partial charge in [0.05, 0.1) is 0 Å². The second-order valence-electron chi connectivity index (χ2n) is 4.78. The normalized spacial score (nSPS) is 23.6. The molecule has 0 saturated heterocycles. The van der Waals surface area contributed by atoms with Crippen LogP contribution in [0.5, 0.6) is 0 Å². The Kier molecular flexibility index (Phi) is 2.86. The van der Waals surface area contributed by atoms with E-state index < -0.39 is 0 Å². The lowest BCUT2D eigenvalue weighted by atomic mass is 9.82. The number of carbonyl (C=O) groups is 1. The highest BCUT2D eigenvalue weighted by atomic mass is 16.1. The van der Waals surface area contributed by atoms with Crippen molar-refractivity contribution in [1.82, 2.24) is 0 Å². The van der Waals surface area contributed by atoms with Gasteiger partial charge in [-0.1, -0.05) is 6.92 Å². The van der Waals surface area contributed by atoms with Crippen LogP contribution in [-0.2, 0) is 0 Å². The predicted molar refractivity (Wildman–Crippen MR) is 66.7 cm³/mol. The maximum absolute atomic E-state index is 11.2. The number of hydrogen-bond acceptors (Lipinski definition) is 3. The van der Waals surface area contributed by atoms with Crippen molar-refractivity contribution < 1.29 is 4.79 Å². The highest BCUT2D eigenvalue weighted by Gasteiger charge is 2.24. The van der Waals surface area contributed by atoms with Crippen LogP contribution < -0.4 is 11.1 Å². The lowest BCUT2D eigenvalue weighted by Gasteiger charge is -2.34. The van der Waals surface area contributed by atoms with Gasteiger partial charge in [0.15, 0.2) is 5.78 Å². The number of carbonyl (C=O) groups excluding carboxylic acids is 1. The maximum Gasteiger partial charge on any atom is 0.161 e. The number of nitrogens with one attached hydrogen (secondary N) is 1. The molecule has 0 amide bonds. The Balaban J connectivity index is 2.06. The molecule has 3 heteroatoms. The van der Waals surface area contributed by atoms with Crippen molar-refractivity contribution >= 4 is 17.2 Å². The maximum atomic E-state index is 11.2. The topological polar surface area (TPSA) is 55.1 Å². The van der Waals surface area contributed by atoms with E-state index in [9.17, 15) is 4.79 Å². The molecular formula is C13H18N2O. The molecule has 3 nitrogen and oxygen atoms in total. The third kappa shape index (κ3) is 2.18. The van der Waals surface area contributed by atoms with Crippen LogP contribution in [-0.4, -0.2) is 11.8 Å². The van der Waals surface area contributed by atoms with Gasteiger partial charge in [-0.15, -0.1) is 0 Å². The average Bonchev–Trinajstić information content (AvgIpc) is 2.15. The molecule has 1 aliphatic rings. The molecular weight excluding hydrogens is 200 g/mol. The number of benzene rings is 1. The van der Waals surface area contributed by atoms with Gasteiger partial charge in [0.2, 0.25) is 0 Å². The van der Waals surface area contributed by atoms with Crippen LogP contribution in [0, 0.1) is 5.92 Å². The molecule has 1 fully saturated rings. The summed E-state index contributed by atoms with van der Waals surface area (Å²) in [6.07, 6.45) is 2.43. The van der Waals surface area contributed by atoms with Crippen LogP contribution in [0.15, 0.2) is 18.2 Å². The minimum absolute atomic E-state index is 0.0151. The van der Waals surface area contributed by atoms with E-state index in [1.807, 2.05) is 12.1 Å². The van der Waals surface area contributed by atoms with E-state index >= 15 is 0 Å². The monoisotopic (exact) mass is 218 g/mol. The molecule has 2 rings (SSSR count). The van der Waals surface area contributed by atoms with E-state index in [1.54, 1.807) is 6.07 Å². The predicted octanol–water partition coefficient (Wildman–Crippen LogP) is 2.68. The van der Waals surface area contributed by atoms with Crippen molar-refractivity contribution in [3.8, 4) is 0 Å². The fraction of sp³-hybridized carbons (Fsp3) is 0.462. The zero-order chi connectivity index (χ0) is 11.7. The van der Waals surface area contributed by atoms with E-state index in [-0.39, 0.29) is 5.78 Å². The van der Waals surface area contributed by atoms with Gasteiger partial charge in [0, 0.05) is 23.0 Å². The molecule has 0 heterocycles. The molecule has 0 aliphatic heterocycles. The highest BCUT2D eigenvalue weighted by molar-refractivity contribution is 5.99. The number of rotatable bonds is 3. The molecule has 1 aliphatic carbocycles. The van der Waals surface area contributed by atoms with Crippen molar-refractivity contribution in [1.29, 1.82) is 0 Å². The average molecular weight is 218 g/mol. The Morgan fingerprint density at radius 1 is 1.44 bits per heavy atom. The van der Waals surface area contributed by atoms with E-state index in [2.05, 4.69) is 12.2 Å². The quantitative estimate of drug-likeness (QED) is 0.605. The highest BCUT2D eigenvalue weighted by Crippen LogP contribution is 2.30. The van der Waals surface area contributed by atoms with Gasteiger partial charge in [-0.05, 0) is 43.9 Å². The van der Waals surface area contributed by atoms with Crippen LogP contribution in [0.25, 0.3) is 0 Å². The van der Waals surface area contributed by atoms with Crippen LogP contribution in [0.4, 0.5) is 11.4 Å². The summed E-state index contributed by atoms with van der Waals surface area (Å²) in [6, 6.07) is 6.13. The standard InChI is InChI=1S/C13H18N2O/c1-8-5-11(6-8)15-10-3-4-12(9(2)16)13(14)7-10/h3-4,7-8,11,15H,5-6,14H2,1-2H3. The lowest BCUT2D eigenvalue weighted by Crippen LogP contribution is -2.33. The Morgan fingerprint density at radius 3 is 2.62 bits per heavy atom. The Hall–Kier alpha value is -1.51. The number of ketones is 1. The molecule has 0 radical (unpaired) electrons. The summed E-state index contributed by atoms with van der Waals surface area (Å²) in [5.74, 6) is 0.840. The van der Waals surface area contributed by atoms with Gasteiger partial charge >= 0.3 is 0 Å². The van der Waals surface area contributed by atoms with Crippen molar-refractivity contribution in [3.63, 3.8) is 0 Å². The first-order valence-corrected chi connectivity index (χ1v) is 5.73. The third-order valence-corrected chi connectivity index (χ3v) is 3.18. The van der Waals surface area contributed by atoms with E-state index in [0.29, 0.717) is 17.3 Å². The third-order valence-electron chi connectivity index (χ3n) is 3.18. The summed E-state index contributed by atoms with van der Waals surface area (Å²) >= 11 is 0. The Labute approximate surface area is 96.0 Å². The molecule has 1 saturated carbocycles. The second kappa shape index (κ2) is 4.16. The Bertz CT molecular complexity index is 408. The fourth-order valence-corrected chi connectivity index (χ4v) is 2.23. The first-order valence-electron chi connectivity index (χ1n) is 5.73. The van der Waals surface area contributed by atoms with E-state index in [4.69, 9.17) is 5.73 Å². The largest absolute Gasteiger partial charge is 0.398 e. The molecule has 16 heavy (non-hydrogen) atoms. The van der Waals surface area contributed by atoms with Gasteiger partial charge < -0.3 is 11.1 Å². The number of Topliss-reactive ketones (excluding diaryl/α,β-unsaturated/α-hetero) is 1. The summed E-state index contributed by atoms with van der Waals surface area (Å²) < 4.78 is 0. The fourth-order valence-electron chi connectivity index (χ4n) is 2.23. The molecule has 1 aromatic carbocycles. The first kappa shape index (κ1) is 11.0. The van der Waals surface area contributed by atoms with Crippen LogP contribution in [0.1, 0.15) is 37.0 Å². The van der Waals surface area contributed by atoms with Gasteiger partial charge in [-0.25, -0.2) is 0 Å². The smallest absolute Gasteiger partial charge is 0.161 e. The van der Waals surface area contributed by atoms with Crippen LogP contribution in [0.2, 0.25) is 0 Å². The number of hydrogen-bond donors (Lipinski definition) is 2. The molecule has 3 N–H and O–H groups in total. The molecule has 86 valence electrons. The molecule has 0 unspecified atom stereocenters. The zero-order valence-corrected chi connectivity index (χ0v) is 9.79. The number of anilines is 2. The SMILES string of the molecule is CC(=O)c1ccc(NC2CC(C)C2)cc1N.